The molecule has 0 unspecified atom stereocenters. The number of nitrogens with one attached hydrogen (secondary N) is 2. The van der Waals surface area contributed by atoms with Crippen LogP contribution in [0.15, 0.2) is 78.3 Å². The quantitative estimate of drug-likeness (QED) is 0.0644. The number of carbonyl (C=O) groups is 4. The third kappa shape index (κ3) is 10.2. The van der Waals surface area contributed by atoms with Gasteiger partial charge in [0.2, 0.25) is 27.7 Å². The molecule has 3 aromatic rings. The largest absolute Gasteiger partial charge is 0.472 e. The number of nitro groups is 1. The summed E-state index contributed by atoms with van der Waals surface area (Å²) >= 11 is 0. The van der Waals surface area contributed by atoms with Crippen molar-refractivity contribution in [1.82, 2.24) is 24.8 Å². The van der Waals surface area contributed by atoms with Crippen LogP contribution in [0.3, 0.4) is 0 Å². The van der Waals surface area contributed by atoms with Crippen molar-refractivity contribution >= 4 is 50.4 Å². The smallest absolute Gasteiger partial charge is 0.408 e. The summed E-state index contributed by atoms with van der Waals surface area (Å²) < 4.78 is 46.4. The van der Waals surface area contributed by atoms with Crippen molar-refractivity contribution in [2.75, 3.05) is 26.2 Å². The Labute approximate surface area is 330 Å². The number of fused-ring (bicyclic) bond motifs is 1. The zero-order valence-corrected chi connectivity index (χ0v) is 33.2. The van der Waals surface area contributed by atoms with Crippen LogP contribution in [-0.2, 0) is 33.9 Å². The number of allylic oxidation sites excluding steroid dienone is 1. The second-order valence-electron chi connectivity index (χ2n) is 14.8. The average molecular weight is 809 g/mol. The van der Waals surface area contributed by atoms with Gasteiger partial charge < -0.3 is 29.7 Å². The number of nitrogens with zero attached hydrogens (tertiary/aromatic N) is 4. The number of esters is 1. The van der Waals surface area contributed by atoms with E-state index in [0.29, 0.717) is 24.6 Å². The van der Waals surface area contributed by atoms with Gasteiger partial charge in [-0.25, -0.2) is 23.0 Å². The maximum atomic E-state index is 14.9. The Balaban J connectivity index is 1.53. The Morgan fingerprint density at radius 3 is 2.49 bits per heavy atom. The predicted octanol–water partition coefficient (Wildman–Crippen LogP) is 4.25. The topological polar surface area (TPSA) is 217 Å². The number of likely N-dealkylation sites (tertiary alicyclic amines) is 1. The molecule has 306 valence electrons. The molecule has 0 spiro atoms. The van der Waals surface area contributed by atoms with E-state index in [2.05, 4.69) is 22.2 Å². The summed E-state index contributed by atoms with van der Waals surface area (Å²) in [4.78, 5) is 71.3. The maximum absolute atomic E-state index is 14.9. The number of unbranched alkanes of at least 4 members (excludes halogenated alkanes) is 1. The van der Waals surface area contributed by atoms with Crippen LogP contribution in [0.25, 0.3) is 10.8 Å². The predicted molar refractivity (Wildman–Crippen MR) is 207 cm³/mol. The molecule has 3 amide bonds. The lowest BCUT2D eigenvalue weighted by Crippen LogP contribution is -2.59. The van der Waals surface area contributed by atoms with Crippen molar-refractivity contribution in [2.45, 2.75) is 94.0 Å². The number of rotatable bonds is 17. The van der Waals surface area contributed by atoms with Crippen LogP contribution in [0.4, 0.5) is 10.5 Å². The molecule has 17 nitrogen and oxygen atoms in total. The molecule has 1 aliphatic carbocycles. The highest BCUT2D eigenvalue weighted by Crippen LogP contribution is 2.38. The molecule has 1 aliphatic heterocycles. The number of benzene rings is 2. The highest BCUT2D eigenvalue weighted by molar-refractivity contribution is 7.89. The number of hydrogen-bond donors (Lipinski definition) is 2. The zero-order valence-electron chi connectivity index (χ0n) is 32.3. The Bertz CT molecular complexity index is 2110. The van der Waals surface area contributed by atoms with E-state index < -0.39 is 85.3 Å². The van der Waals surface area contributed by atoms with Crippen molar-refractivity contribution in [3.63, 3.8) is 0 Å². The lowest BCUT2D eigenvalue weighted by Gasteiger charge is -2.32. The van der Waals surface area contributed by atoms with Crippen LogP contribution in [0.2, 0.25) is 0 Å². The highest BCUT2D eigenvalue weighted by Gasteiger charge is 2.55. The van der Waals surface area contributed by atoms with Crippen molar-refractivity contribution in [3.05, 3.63) is 83.6 Å². The third-order valence-corrected chi connectivity index (χ3v) is 11.3. The molecule has 18 heteroatoms. The zero-order chi connectivity index (χ0) is 41.5. The Morgan fingerprint density at radius 2 is 1.82 bits per heavy atom. The number of aromatic nitrogens is 1. The fourth-order valence-corrected chi connectivity index (χ4v) is 8.19. The molecule has 57 heavy (non-hydrogen) atoms. The monoisotopic (exact) mass is 808 g/mol. The van der Waals surface area contributed by atoms with Crippen molar-refractivity contribution in [2.24, 2.45) is 0 Å². The van der Waals surface area contributed by atoms with Gasteiger partial charge in [-0.15, -0.1) is 6.58 Å². The number of para-hydroxylation sites is 1. The fraction of sp³-hybridized carbons (Fsp3) is 0.462. The number of ether oxygens (including phenoxy) is 3. The van der Waals surface area contributed by atoms with E-state index in [4.69, 9.17) is 14.2 Å². The van der Waals surface area contributed by atoms with Gasteiger partial charge in [0, 0.05) is 37.2 Å². The van der Waals surface area contributed by atoms with E-state index in [1.807, 2.05) is 24.3 Å². The van der Waals surface area contributed by atoms with Crippen molar-refractivity contribution in [1.29, 1.82) is 0 Å². The summed E-state index contributed by atoms with van der Waals surface area (Å²) in [7, 11) is -4.68. The van der Waals surface area contributed by atoms with Crippen LogP contribution >= 0.6 is 0 Å². The lowest BCUT2D eigenvalue weighted by atomic mass is 10.1. The minimum atomic E-state index is -4.68. The number of nitro benzene ring substituents is 1. The lowest BCUT2D eigenvalue weighted by molar-refractivity contribution is -0.387. The van der Waals surface area contributed by atoms with Crippen molar-refractivity contribution in [3.8, 4) is 5.88 Å². The number of amides is 3. The van der Waals surface area contributed by atoms with Crippen LogP contribution in [0.5, 0.6) is 5.88 Å². The molecule has 2 aromatic carbocycles. The normalized spacial score (nSPS) is 18.0. The Kier molecular flexibility index (Phi) is 13.2. The van der Waals surface area contributed by atoms with Crippen LogP contribution in [0, 0.1) is 10.1 Å². The summed E-state index contributed by atoms with van der Waals surface area (Å²) in [6.07, 6.45) is 2.43. The molecule has 1 saturated heterocycles. The summed E-state index contributed by atoms with van der Waals surface area (Å²) in [5.74, 6) is -1.91. The van der Waals surface area contributed by atoms with Crippen LogP contribution < -0.4 is 15.4 Å². The first-order valence-corrected chi connectivity index (χ1v) is 20.1. The molecule has 3 atom stereocenters. The van der Waals surface area contributed by atoms with Crippen LogP contribution in [0.1, 0.15) is 59.8 Å². The molecule has 2 fully saturated rings. The molecular weight excluding hydrogens is 761 g/mol. The molecule has 1 aromatic heterocycles. The minimum Gasteiger partial charge on any atom is -0.472 e. The first kappa shape index (κ1) is 42.5. The van der Waals surface area contributed by atoms with Gasteiger partial charge in [-0.05, 0) is 77.0 Å². The summed E-state index contributed by atoms with van der Waals surface area (Å²) in [6, 6.07) is 11.0. The maximum Gasteiger partial charge on any atom is 0.408 e. The number of pyridine rings is 1. The highest BCUT2D eigenvalue weighted by atomic mass is 32.2. The molecule has 1 saturated carbocycles. The van der Waals surface area contributed by atoms with E-state index in [0.717, 1.165) is 21.8 Å². The number of sulfonamides is 1. The van der Waals surface area contributed by atoms with Gasteiger partial charge in [-0.1, -0.05) is 36.4 Å². The van der Waals surface area contributed by atoms with E-state index in [1.165, 1.54) is 17.0 Å². The number of hydrogen-bond acceptors (Lipinski definition) is 12. The van der Waals surface area contributed by atoms with E-state index >= 15 is 0 Å². The van der Waals surface area contributed by atoms with Gasteiger partial charge in [0.1, 0.15) is 29.3 Å². The molecule has 2 aliphatic rings. The molecule has 2 heterocycles. The van der Waals surface area contributed by atoms with E-state index in [9.17, 15) is 37.7 Å². The first-order chi connectivity index (χ1) is 27.0. The van der Waals surface area contributed by atoms with E-state index in [-0.39, 0.29) is 38.4 Å². The Hall–Kier alpha value is -5.62. The van der Waals surface area contributed by atoms with Gasteiger partial charge in [0.05, 0.1) is 18.1 Å². The number of alkyl carbamates (subject to hydrolysis) is 1. The van der Waals surface area contributed by atoms with Crippen LogP contribution in [-0.4, -0.2) is 107 Å². The second kappa shape index (κ2) is 17.7. The molecule has 0 radical (unpaired) electrons. The van der Waals surface area contributed by atoms with Crippen molar-refractivity contribution < 1.29 is 46.7 Å². The van der Waals surface area contributed by atoms with Gasteiger partial charge in [0.25, 0.3) is 5.69 Å². The van der Waals surface area contributed by atoms with Gasteiger partial charge >= 0.3 is 12.1 Å². The second-order valence-corrected chi connectivity index (χ2v) is 16.7. The van der Waals surface area contributed by atoms with Gasteiger partial charge in [0.15, 0.2) is 4.90 Å². The fourth-order valence-electron chi connectivity index (χ4n) is 6.54. The molecule has 2 N–H and O–H groups in total. The first-order valence-electron chi connectivity index (χ1n) is 18.6. The summed E-state index contributed by atoms with van der Waals surface area (Å²) in [5.41, 5.74) is -2.97. The average Bonchev–Trinajstić information content (AvgIpc) is 3.82. The molecule has 0 bridgehead atoms. The SMILES string of the molecule is C=CCCCN(C[C@H](NC(=O)OC(C)(C)C)C(=O)N1C[C@@H](Oc2nccc3ccccc23)C[C@@H]1C(=O)NC1(C(=O)OCC)CC1)S(=O)(=O)c1ccccc1[N+](=O)[O-]. The van der Waals surface area contributed by atoms with Gasteiger partial charge in [-0.2, -0.15) is 4.31 Å². The Morgan fingerprint density at radius 1 is 1.12 bits per heavy atom. The van der Waals surface area contributed by atoms with E-state index in [1.54, 1.807) is 46.0 Å². The summed E-state index contributed by atoms with van der Waals surface area (Å²) in [5, 5.41) is 18.7. The summed E-state index contributed by atoms with van der Waals surface area (Å²) in [6.45, 7) is 9.11. The molecule has 5 rings (SSSR count). The minimum absolute atomic E-state index is 0.0574. The standard InChI is InChI=1S/C39H48N6O11S/c1-6-8-13-22-43(57(52,53)32-17-12-11-16-30(32)45(50)51)25-29(41-37(49)56-38(3,4)5)35(47)44-24-27(55-34-28-15-10-9-14-26(28)18-21-40-34)23-31(44)33(46)42-39(19-20-39)36(48)54-7-2/h6,9-12,14-18,21,27,29,31H,1,7-8,13,19-20,22-25H2,2-5H3,(H,41,49)(H,42,46)/t27-,29-,31+/m0/s1. The molecular formula is C39H48N6O11S. The number of carbonyl (C=O) groups excluding carboxylic acids is 4. The third-order valence-electron chi connectivity index (χ3n) is 9.41. The van der Waals surface area contributed by atoms with Gasteiger partial charge in [-0.3, -0.25) is 19.7 Å².